The molecular formula is C30H33ClN4O4. The molecule has 204 valence electrons. The molecule has 39 heavy (non-hydrogen) atoms. The van der Waals surface area contributed by atoms with E-state index in [1.807, 2.05) is 52.0 Å². The zero-order valence-electron chi connectivity index (χ0n) is 23.3. The Morgan fingerprint density at radius 3 is 2.31 bits per heavy atom. The van der Waals surface area contributed by atoms with Crippen LogP contribution in [0.4, 0.5) is 11.6 Å². The predicted molar refractivity (Wildman–Crippen MR) is 153 cm³/mol. The number of hydrogen-bond donors (Lipinski definition) is 0. The number of rotatable bonds is 6. The molecule has 0 saturated carbocycles. The van der Waals surface area contributed by atoms with Gasteiger partial charge in [-0.05, 0) is 69.5 Å². The van der Waals surface area contributed by atoms with Gasteiger partial charge in [-0.15, -0.1) is 0 Å². The first-order valence-corrected chi connectivity index (χ1v) is 13.2. The summed E-state index contributed by atoms with van der Waals surface area (Å²) in [4.78, 5) is 24.7. The van der Waals surface area contributed by atoms with Gasteiger partial charge in [-0.2, -0.15) is 0 Å². The second kappa shape index (κ2) is 10.2. The number of hydrogen-bond acceptors (Lipinski definition) is 7. The zero-order chi connectivity index (χ0) is 28.1. The minimum atomic E-state index is -0.967. The third-order valence-corrected chi connectivity index (χ3v) is 7.27. The van der Waals surface area contributed by atoms with E-state index in [1.54, 1.807) is 19.5 Å². The Kier molecular flexibility index (Phi) is 7.03. The topological polar surface area (TPSA) is 78.7 Å². The van der Waals surface area contributed by atoms with E-state index in [0.29, 0.717) is 23.3 Å². The highest BCUT2D eigenvalue weighted by Gasteiger charge is 2.37. The monoisotopic (exact) mass is 548 g/mol. The summed E-state index contributed by atoms with van der Waals surface area (Å²) >= 11 is 6.27. The first-order valence-electron chi connectivity index (χ1n) is 12.9. The van der Waals surface area contributed by atoms with Crippen molar-refractivity contribution in [3.63, 3.8) is 0 Å². The summed E-state index contributed by atoms with van der Waals surface area (Å²) in [6.07, 6.45) is 2.36. The first kappa shape index (κ1) is 27.0. The second-order valence-electron chi connectivity index (χ2n) is 10.7. The number of methoxy groups -OCH3 is 2. The Bertz CT molecular complexity index is 1540. The molecule has 4 aromatic rings. The van der Waals surface area contributed by atoms with Gasteiger partial charge in [0, 0.05) is 34.8 Å². The van der Waals surface area contributed by atoms with Crippen molar-refractivity contribution in [1.82, 2.24) is 14.5 Å². The Balaban J connectivity index is 1.89. The van der Waals surface area contributed by atoms with E-state index in [-0.39, 0.29) is 0 Å². The van der Waals surface area contributed by atoms with Crippen molar-refractivity contribution >= 4 is 40.1 Å². The number of aromatic nitrogens is 3. The molecule has 0 bridgehead atoms. The minimum Gasteiger partial charge on any atom is -0.494 e. The van der Waals surface area contributed by atoms with Gasteiger partial charge in [-0.3, -0.25) is 0 Å². The molecule has 1 aliphatic rings. The minimum absolute atomic E-state index is 0.464. The average Bonchev–Trinajstić information content (AvgIpc) is 3.25. The molecule has 0 unspecified atom stereocenters. The van der Waals surface area contributed by atoms with E-state index in [0.717, 1.165) is 51.1 Å². The summed E-state index contributed by atoms with van der Waals surface area (Å²) in [5, 5.41) is 1.65. The number of nitrogens with zero attached hydrogens (tertiary/aromatic N) is 4. The highest BCUT2D eigenvalue weighted by molar-refractivity contribution is 6.30. The standard InChI is InChI=1S/C30H33ClN4O4/c1-17-14-22-24(19-8-10-20(31)11-9-19)23(27(28(36)38-7)39-30(3,4)5)18(2)25-26(22)34(17)12-13-35(25)29-32-15-21(37-6)16-33-29/h8-11,14-16,27H,12-13H2,1-7H3/t27-/m0/s1. The first-order chi connectivity index (χ1) is 18.5. The molecule has 0 fully saturated rings. The molecule has 0 spiro atoms. The highest BCUT2D eigenvalue weighted by Crippen LogP contribution is 2.49. The Morgan fingerprint density at radius 2 is 1.72 bits per heavy atom. The Hall–Kier alpha value is -3.62. The van der Waals surface area contributed by atoms with Crippen LogP contribution in [0.2, 0.25) is 5.02 Å². The lowest BCUT2D eigenvalue weighted by atomic mass is 9.87. The van der Waals surface area contributed by atoms with Crippen LogP contribution in [0.3, 0.4) is 0 Å². The van der Waals surface area contributed by atoms with Crippen LogP contribution < -0.4 is 9.64 Å². The van der Waals surface area contributed by atoms with E-state index in [4.69, 9.17) is 25.8 Å². The fraction of sp³-hybridized carbons (Fsp3) is 0.367. The van der Waals surface area contributed by atoms with Crippen LogP contribution in [0.25, 0.3) is 22.0 Å². The van der Waals surface area contributed by atoms with E-state index in [9.17, 15) is 4.79 Å². The highest BCUT2D eigenvalue weighted by atomic mass is 35.5. The molecule has 0 amide bonds. The normalized spacial score (nSPS) is 14.0. The third-order valence-electron chi connectivity index (χ3n) is 7.02. The van der Waals surface area contributed by atoms with Crippen LogP contribution >= 0.6 is 11.6 Å². The fourth-order valence-electron chi connectivity index (χ4n) is 5.39. The number of carbonyl (C=O) groups is 1. The lowest BCUT2D eigenvalue weighted by molar-refractivity contribution is -0.164. The quantitative estimate of drug-likeness (QED) is 0.252. The smallest absolute Gasteiger partial charge is 0.339 e. The van der Waals surface area contributed by atoms with Gasteiger partial charge in [0.1, 0.15) is 0 Å². The van der Waals surface area contributed by atoms with Gasteiger partial charge < -0.3 is 23.7 Å². The van der Waals surface area contributed by atoms with Gasteiger partial charge in [0.2, 0.25) is 5.95 Å². The Morgan fingerprint density at radius 1 is 1.05 bits per heavy atom. The number of ether oxygens (including phenoxy) is 3. The summed E-state index contributed by atoms with van der Waals surface area (Å²) in [7, 11) is 2.98. The average molecular weight is 549 g/mol. The number of halogens is 1. The van der Waals surface area contributed by atoms with E-state index < -0.39 is 17.7 Å². The van der Waals surface area contributed by atoms with Crippen molar-refractivity contribution in [3.05, 3.63) is 64.6 Å². The number of aryl methyl sites for hydroxylation is 1. The number of carbonyl (C=O) groups excluding carboxylic acids is 1. The van der Waals surface area contributed by atoms with Crippen molar-refractivity contribution in [2.75, 3.05) is 25.7 Å². The van der Waals surface area contributed by atoms with Crippen molar-refractivity contribution in [3.8, 4) is 16.9 Å². The molecule has 9 heteroatoms. The molecule has 0 radical (unpaired) electrons. The summed E-state index contributed by atoms with van der Waals surface area (Å²) in [6, 6.07) is 9.86. The maximum absolute atomic E-state index is 13.4. The van der Waals surface area contributed by atoms with Gasteiger partial charge in [0.15, 0.2) is 11.9 Å². The predicted octanol–water partition coefficient (Wildman–Crippen LogP) is 6.56. The summed E-state index contributed by atoms with van der Waals surface area (Å²) < 4.78 is 19.3. The molecule has 3 heterocycles. The third kappa shape index (κ3) is 4.83. The van der Waals surface area contributed by atoms with E-state index in [2.05, 4.69) is 32.4 Å². The van der Waals surface area contributed by atoms with Gasteiger partial charge in [0.05, 0.1) is 43.4 Å². The lowest BCUT2D eigenvalue weighted by Crippen LogP contribution is -2.32. The molecule has 0 aliphatic carbocycles. The molecule has 1 atom stereocenters. The van der Waals surface area contributed by atoms with E-state index >= 15 is 0 Å². The molecule has 0 saturated heterocycles. The SMILES string of the molecule is COC(=O)[C@@H](OC(C)(C)C)c1c(C)c2c3c(cc(C)n3CCN2c2ncc(OC)cn2)c1-c1ccc(Cl)cc1. The van der Waals surface area contributed by atoms with Crippen LogP contribution in [-0.4, -0.2) is 46.9 Å². The molecule has 0 N–H and O–H groups in total. The van der Waals surface area contributed by atoms with Gasteiger partial charge in [0.25, 0.3) is 0 Å². The molecular weight excluding hydrogens is 516 g/mol. The van der Waals surface area contributed by atoms with Crippen molar-refractivity contribution < 1.29 is 19.0 Å². The molecule has 5 rings (SSSR count). The number of benzene rings is 2. The number of esters is 1. The van der Waals surface area contributed by atoms with Gasteiger partial charge in [-0.1, -0.05) is 23.7 Å². The van der Waals surface area contributed by atoms with Gasteiger partial charge >= 0.3 is 5.97 Å². The fourth-order valence-corrected chi connectivity index (χ4v) is 5.51. The zero-order valence-corrected chi connectivity index (χ0v) is 24.1. The van der Waals surface area contributed by atoms with E-state index in [1.165, 1.54) is 7.11 Å². The number of anilines is 2. The van der Waals surface area contributed by atoms with Crippen molar-refractivity contribution in [1.29, 1.82) is 0 Å². The summed E-state index contributed by atoms with van der Waals surface area (Å²) in [5.41, 5.74) is 6.00. The van der Waals surface area contributed by atoms with Crippen LogP contribution in [0.1, 0.15) is 43.7 Å². The van der Waals surface area contributed by atoms with Crippen LogP contribution in [0.15, 0.2) is 42.7 Å². The van der Waals surface area contributed by atoms with Crippen molar-refractivity contribution in [2.24, 2.45) is 0 Å². The summed E-state index contributed by atoms with van der Waals surface area (Å²) in [6.45, 7) is 11.3. The van der Waals surface area contributed by atoms with Crippen LogP contribution in [-0.2, 0) is 20.8 Å². The molecule has 1 aliphatic heterocycles. The molecule has 2 aromatic heterocycles. The lowest BCUT2D eigenvalue weighted by Gasteiger charge is -2.35. The van der Waals surface area contributed by atoms with Crippen molar-refractivity contribution in [2.45, 2.75) is 52.9 Å². The maximum Gasteiger partial charge on any atom is 0.339 e. The van der Waals surface area contributed by atoms with Gasteiger partial charge in [-0.25, -0.2) is 14.8 Å². The Labute approximate surface area is 233 Å². The van der Waals surface area contributed by atoms with Crippen LogP contribution in [0.5, 0.6) is 5.75 Å². The second-order valence-corrected chi connectivity index (χ2v) is 11.1. The maximum atomic E-state index is 13.4. The molecule has 2 aromatic carbocycles. The summed E-state index contributed by atoms with van der Waals surface area (Å²) in [5.74, 6) is 0.677. The van der Waals surface area contributed by atoms with Crippen LogP contribution in [0, 0.1) is 13.8 Å². The largest absolute Gasteiger partial charge is 0.494 e. The molecule has 8 nitrogen and oxygen atoms in total.